The Hall–Kier alpha value is -5.46. The van der Waals surface area contributed by atoms with Crippen LogP contribution in [0.1, 0.15) is 173 Å². The highest BCUT2D eigenvalue weighted by Crippen LogP contribution is 2.15. The summed E-state index contributed by atoms with van der Waals surface area (Å²) in [5.41, 5.74) is 7.48. The van der Waals surface area contributed by atoms with Crippen molar-refractivity contribution in [2.75, 3.05) is 39.5 Å². The first-order chi connectivity index (χ1) is 34.0. The molecule has 0 unspecified atom stereocenters. The maximum absolute atomic E-state index is 12.4. The van der Waals surface area contributed by atoms with Gasteiger partial charge in [0, 0.05) is 45.2 Å². The minimum Gasteiger partial charge on any atom is -0.481 e. The van der Waals surface area contributed by atoms with E-state index in [4.69, 9.17) is 26.2 Å². The van der Waals surface area contributed by atoms with Crippen molar-refractivity contribution in [1.29, 1.82) is 0 Å². The standard InChI is InChI=1S/C47H84N8O16/c48-44(63)34(55-49)19-17-18-28-50-38(56)25-22-36(46(66)67)53-41(59)27-24-37(47(68)69)54-42(60)33-71-32-31-70-30-29-51-39(57)26-23-35(45(64)65)52-40(58)20-15-13-11-9-7-5-3-1-2-4-6-8-10-12-14-16-21-43(61)62/h34-37,55H,1-33,49H2,(H2,48,63)(H,50,56)(H,51,57)(H,52,58)(H,53,59)(H,54,60)(H,61,62)(H,64,65)(H,66,67)(H,68,69)/t34-,35-,36-,37-/m0/s1. The molecule has 408 valence electrons. The second kappa shape index (κ2) is 43.3. The van der Waals surface area contributed by atoms with Crippen LogP contribution in [0.15, 0.2) is 0 Å². The first-order valence-electron chi connectivity index (χ1n) is 25.2. The fraction of sp³-hybridized carbons (Fsp3) is 0.787. The summed E-state index contributed by atoms with van der Waals surface area (Å²) in [7, 11) is 0. The predicted molar refractivity (Wildman–Crippen MR) is 259 cm³/mol. The Kier molecular flexibility index (Phi) is 40.0. The normalized spacial score (nSPS) is 12.7. The van der Waals surface area contributed by atoms with E-state index in [1.165, 1.54) is 51.4 Å². The summed E-state index contributed by atoms with van der Waals surface area (Å²) < 4.78 is 10.5. The number of amides is 6. The van der Waals surface area contributed by atoms with Crippen LogP contribution in [0.3, 0.4) is 0 Å². The molecular weight excluding hydrogens is 933 g/mol. The van der Waals surface area contributed by atoms with Crippen molar-refractivity contribution in [2.24, 2.45) is 11.6 Å². The number of carboxylic acid groups (broad SMARTS) is 4. The second-order valence-corrected chi connectivity index (χ2v) is 17.5. The van der Waals surface area contributed by atoms with Crippen LogP contribution in [0.5, 0.6) is 0 Å². The molecule has 0 spiro atoms. The number of hydrazine groups is 1. The molecule has 0 aromatic rings. The number of primary amides is 1. The van der Waals surface area contributed by atoms with Crippen molar-refractivity contribution in [3.05, 3.63) is 0 Å². The molecule has 4 atom stereocenters. The van der Waals surface area contributed by atoms with Crippen molar-refractivity contribution in [2.45, 2.75) is 198 Å². The van der Waals surface area contributed by atoms with E-state index in [9.17, 15) is 63.3 Å². The monoisotopic (exact) mass is 1020 g/mol. The summed E-state index contributed by atoms with van der Waals surface area (Å²) in [5.74, 6) is -3.04. The van der Waals surface area contributed by atoms with Crippen LogP contribution in [0.2, 0.25) is 0 Å². The minimum atomic E-state index is -1.49. The third-order valence-corrected chi connectivity index (χ3v) is 11.4. The Morgan fingerprint density at radius 2 is 0.761 bits per heavy atom. The molecular formula is C47H84N8O16. The Morgan fingerprint density at radius 1 is 0.380 bits per heavy atom. The molecule has 0 aliphatic rings. The van der Waals surface area contributed by atoms with Crippen LogP contribution >= 0.6 is 0 Å². The maximum Gasteiger partial charge on any atom is 0.326 e. The fourth-order valence-electron chi connectivity index (χ4n) is 7.24. The van der Waals surface area contributed by atoms with Crippen LogP contribution < -0.4 is 43.6 Å². The lowest BCUT2D eigenvalue weighted by Gasteiger charge is -2.17. The van der Waals surface area contributed by atoms with Gasteiger partial charge >= 0.3 is 23.9 Å². The Morgan fingerprint density at radius 3 is 1.18 bits per heavy atom. The summed E-state index contributed by atoms with van der Waals surface area (Å²) in [6, 6.07) is -4.83. The zero-order valence-electron chi connectivity index (χ0n) is 41.5. The maximum atomic E-state index is 12.4. The number of rotatable bonds is 49. The molecule has 0 fully saturated rings. The summed E-state index contributed by atoms with van der Waals surface area (Å²) in [4.78, 5) is 118. The summed E-state index contributed by atoms with van der Waals surface area (Å²) >= 11 is 0. The van der Waals surface area contributed by atoms with Gasteiger partial charge in [0.15, 0.2) is 0 Å². The van der Waals surface area contributed by atoms with Gasteiger partial charge in [-0.3, -0.25) is 39.4 Å². The molecule has 0 bridgehead atoms. The molecule has 0 radical (unpaired) electrons. The van der Waals surface area contributed by atoms with Gasteiger partial charge in [-0.1, -0.05) is 89.9 Å². The number of nitrogens with two attached hydrogens (primary N) is 2. The number of hydrogen-bond donors (Lipinski definition) is 12. The minimum absolute atomic E-state index is 0.0144. The van der Waals surface area contributed by atoms with Crippen LogP contribution in [0.25, 0.3) is 0 Å². The molecule has 6 amide bonds. The molecule has 0 rings (SSSR count). The first kappa shape index (κ1) is 65.5. The van der Waals surface area contributed by atoms with Crippen molar-refractivity contribution in [1.82, 2.24) is 32.0 Å². The first-order valence-corrected chi connectivity index (χ1v) is 25.2. The van der Waals surface area contributed by atoms with Gasteiger partial charge in [0.25, 0.3) is 0 Å². The van der Waals surface area contributed by atoms with Gasteiger partial charge in [-0.2, -0.15) is 0 Å². The molecule has 0 saturated carbocycles. The summed E-state index contributed by atoms with van der Waals surface area (Å²) in [6.07, 6.45) is 17.7. The van der Waals surface area contributed by atoms with E-state index >= 15 is 0 Å². The SMILES string of the molecule is NN[C@@H](CCCCNC(=O)CC[C@H](NC(=O)CC[C@H](NC(=O)COCCOCCNC(=O)CC[C@H](NC(=O)CCCCCCCCCCCCCCCCCCC(=O)O)C(=O)O)C(=O)O)C(=O)O)C(N)=O. The van der Waals surface area contributed by atoms with Crippen LogP contribution in [-0.2, 0) is 57.4 Å². The second-order valence-electron chi connectivity index (χ2n) is 17.5. The van der Waals surface area contributed by atoms with Gasteiger partial charge in [-0.05, 0) is 51.4 Å². The van der Waals surface area contributed by atoms with Crippen molar-refractivity contribution in [3.63, 3.8) is 0 Å². The van der Waals surface area contributed by atoms with Gasteiger partial charge in [0.1, 0.15) is 24.7 Å². The Labute approximate surface area is 416 Å². The van der Waals surface area contributed by atoms with Gasteiger partial charge in [0.05, 0.1) is 25.9 Å². The highest BCUT2D eigenvalue weighted by Gasteiger charge is 2.25. The number of carbonyl (C=O) groups is 10. The third-order valence-electron chi connectivity index (χ3n) is 11.4. The zero-order chi connectivity index (χ0) is 53.1. The summed E-state index contributed by atoms with van der Waals surface area (Å²) in [6.45, 7) is -0.176. The lowest BCUT2D eigenvalue weighted by atomic mass is 10.0. The van der Waals surface area contributed by atoms with Crippen LogP contribution in [0.4, 0.5) is 0 Å². The molecule has 0 aliphatic carbocycles. The molecule has 71 heavy (non-hydrogen) atoms. The van der Waals surface area contributed by atoms with E-state index in [0.717, 1.165) is 44.9 Å². The van der Waals surface area contributed by atoms with Crippen molar-refractivity contribution < 1.29 is 77.8 Å². The molecule has 14 N–H and O–H groups in total. The Balaban J connectivity index is 4.09. The zero-order valence-corrected chi connectivity index (χ0v) is 41.5. The molecule has 0 aromatic carbocycles. The van der Waals surface area contributed by atoms with Gasteiger partial charge < -0.3 is 62.2 Å². The van der Waals surface area contributed by atoms with Crippen molar-refractivity contribution in [3.8, 4) is 0 Å². The predicted octanol–water partition coefficient (Wildman–Crippen LogP) is 1.89. The third kappa shape index (κ3) is 39.9. The number of carbonyl (C=O) groups excluding carboxylic acids is 6. The van der Waals surface area contributed by atoms with E-state index in [2.05, 4.69) is 32.0 Å². The summed E-state index contributed by atoms with van der Waals surface area (Å²) in [5, 5.41) is 49.4. The molecule has 0 saturated heterocycles. The van der Waals surface area contributed by atoms with E-state index in [1.54, 1.807) is 0 Å². The smallest absolute Gasteiger partial charge is 0.326 e. The van der Waals surface area contributed by atoms with Gasteiger partial charge in [0.2, 0.25) is 35.4 Å². The van der Waals surface area contributed by atoms with Gasteiger partial charge in [-0.25, -0.2) is 19.8 Å². The fourth-order valence-corrected chi connectivity index (χ4v) is 7.24. The average molecular weight is 1020 g/mol. The molecule has 24 heteroatoms. The van der Waals surface area contributed by atoms with E-state index in [1.807, 2.05) is 0 Å². The number of unbranched alkanes of at least 4 members (excludes halogenated alkanes) is 16. The van der Waals surface area contributed by atoms with Gasteiger partial charge in [-0.15, -0.1) is 0 Å². The molecule has 24 nitrogen and oxygen atoms in total. The average Bonchev–Trinajstić information content (AvgIpc) is 3.31. The van der Waals surface area contributed by atoms with Crippen molar-refractivity contribution >= 4 is 59.3 Å². The number of ether oxygens (including phenoxy) is 2. The topological polar surface area (TPSA) is 394 Å². The van der Waals surface area contributed by atoms with E-state index < -0.39 is 90.6 Å². The Bertz CT molecular complexity index is 1590. The highest BCUT2D eigenvalue weighted by atomic mass is 16.5. The van der Waals surface area contributed by atoms with Crippen LogP contribution in [-0.4, -0.2) is 143 Å². The highest BCUT2D eigenvalue weighted by molar-refractivity contribution is 5.87. The molecule has 0 aromatic heterocycles. The lowest BCUT2D eigenvalue weighted by molar-refractivity contribution is -0.144. The number of nitrogens with one attached hydrogen (secondary N) is 6. The van der Waals surface area contributed by atoms with E-state index in [-0.39, 0.29) is 83.8 Å². The van der Waals surface area contributed by atoms with Crippen LogP contribution in [0, 0.1) is 0 Å². The van der Waals surface area contributed by atoms with E-state index in [0.29, 0.717) is 25.7 Å². The number of hydrogen-bond acceptors (Lipinski definition) is 14. The quantitative estimate of drug-likeness (QED) is 0.0235. The lowest BCUT2D eigenvalue weighted by Crippen LogP contribution is -2.45. The number of carboxylic acids is 4. The number of aliphatic carboxylic acids is 4. The molecule has 0 aliphatic heterocycles. The molecule has 0 heterocycles. The largest absolute Gasteiger partial charge is 0.481 e.